The second kappa shape index (κ2) is 7.23. The number of nitrogens with one attached hydrogen (secondary N) is 1. The molecule has 3 rings (SSSR count). The van der Waals surface area contributed by atoms with E-state index in [4.69, 9.17) is 4.74 Å². The molecule has 0 saturated carbocycles. The van der Waals surface area contributed by atoms with E-state index in [1.807, 2.05) is 29.6 Å². The predicted molar refractivity (Wildman–Crippen MR) is 92.7 cm³/mol. The molecule has 6 heteroatoms. The van der Waals surface area contributed by atoms with Crippen molar-refractivity contribution in [2.45, 2.75) is 13.0 Å². The Morgan fingerprint density at radius 2 is 1.88 bits per heavy atom. The van der Waals surface area contributed by atoms with Crippen molar-refractivity contribution in [3.8, 4) is 16.3 Å². The largest absolute Gasteiger partial charge is 0.481 e. The average Bonchev–Trinajstić information content (AvgIpc) is 3.12. The minimum absolute atomic E-state index is 0.277. The van der Waals surface area contributed by atoms with E-state index in [2.05, 4.69) is 10.3 Å². The van der Waals surface area contributed by atoms with Crippen molar-refractivity contribution in [3.05, 3.63) is 65.9 Å². The standard InChI is InChI=1S/C18H15FN2O2S/c1-12(23-16-8-4-14(19)5-9-16)17(22)21-15-6-2-13(3-7-15)18-20-10-11-24-18/h2-12H,1H3,(H,21,22)/t12-/m0/s1. The zero-order chi connectivity index (χ0) is 16.9. The molecule has 0 saturated heterocycles. The fourth-order valence-electron chi connectivity index (χ4n) is 2.08. The Kier molecular flexibility index (Phi) is 4.86. The molecule has 0 spiro atoms. The number of carbonyl (C=O) groups excluding carboxylic acids is 1. The number of rotatable bonds is 5. The Bertz CT molecular complexity index is 802. The normalized spacial score (nSPS) is 11.8. The lowest BCUT2D eigenvalue weighted by Crippen LogP contribution is -2.30. The number of halogens is 1. The lowest BCUT2D eigenvalue weighted by molar-refractivity contribution is -0.122. The molecule has 1 N–H and O–H groups in total. The topological polar surface area (TPSA) is 51.2 Å². The number of nitrogens with zero attached hydrogens (tertiary/aromatic N) is 1. The fourth-order valence-corrected chi connectivity index (χ4v) is 2.72. The summed E-state index contributed by atoms with van der Waals surface area (Å²) >= 11 is 1.56. The molecule has 1 aromatic heterocycles. The van der Waals surface area contributed by atoms with E-state index in [1.165, 1.54) is 24.3 Å². The van der Waals surface area contributed by atoms with Gasteiger partial charge in [0.2, 0.25) is 0 Å². The van der Waals surface area contributed by atoms with Crippen molar-refractivity contribution in [1.29, 1.82) is 0 Å². The minimum Gasteiger partial charge on any atom is -0.481 e. The highest BCUT2D eigenvalue weighted by Crippen LogP contribution is 2.23. The van der Waals surface area contributed by atoms with Gasteiger partial charge in [-0.25, -0.2) is 9.37 Å². The van der Waals surface area contributed by atoms with Crippen LogP contribution in [0, 0.1) is 5.82 Å². The molecule has 1 amide bonds. The molecule has 0 radical (unpaired) electrons. The summed E-state index contributed by atoms with van der Waals surface area (Å²) in [6, 6.07) is 13.0. The zero-order valence-corrected chi connectivity index (χ0v) is 13.7. The quantitative estimate of drug-likeness (QED) is 0.750. The summed E-state index contributed by atoms with van der Waals surface area (Å²) in [5.74, 6) is -0.181. The van der Waals surface area contributed by atoms with Gasteiger partial charge in [-0.15, -0.1) is 11.3 Å². The summed E-state index contributed by atoms with van der Waals surface area (Å²) in [4.78, 5) is 16.4. The third-order valence-electron chi connectivity index (χ3n) is 3.33. The third-order valence-corrected chi connectivity index (χ3v) is 4.15. The summed E-state index contributed by atoms with van der Waals surface area (Å²) in [7, 11) is 0. The Hall–Kier alpha value is -2.73. The molecule has 0 bridgehead atoms. The Labute approximate surface area is 142 Å². The van der Waals surface area contributed by atoms with Crippen LogP contribution in [0.4, 0.5) is 10.1 Å². The van der Waals surface area contributed by atoms with Gasteiger partial charge in [-0.1, -0.05) is 0 Å². The monoisotopic (exact) mass is 342 g/mol. The summed E-state index contributed by atoms with van der Waals surface area (Å²) in [5.41, 5.74) is 1.67. The van der Waals surface area contributed by atoms with Crippen LogP contribution in [-0.4, -0.2) is 17.0 Å². The lowest BCUT2D eigenvalue weighted by Gasteiger charge is -2.14. The fraction of sp³-hybridized carbons (Fsp3) is 0.111. The van der Waals surface area contributed by atoms with E-state index in [0.29, 0.717) is 11.4 Å². The molecular weight excluding hydrogens is 327 g/mol. The Morgan fingerprint density at radius 3 is 2.50 bits per heavy atom. The molecule has 24 heavy (non-hydrogen) atoms. The van der Waals surface area contributed by atoms with Gasteiger partial charge in [0, 0.05) is 22.8 Å². The van der Waals surface area contributed by atoms with Crippen LogP contribution in [0.15, 0.2) is 60.1 Å². The van der Waals surface area contributed by atoms with Gasteiger partial charge in [0.15, 0.2) is 6.10 Å². The van der Waals surface area contributed by atoms with E-state index in [9.17, 15) is 9.18 Å². The van der Waals surface area contributed by atoms with E-state index >= 15 is 0 Å². The number of anilines is 1. The van der Waals surface area contributed by atoms with E-state index in [1.54, 1.807) is 24.5 Å². The molecule has 3 aromatic rings. The van der Waals surface area contributed by atoms with Crippen LogP contribution < -0.4 is 10.1 Å². The number of hydrogen-bond acceptors (Lipinski definition) is 4. The molecule has 0 aliphatic rings. The number of amides is 1. The molecule has 1 atom stereocenters. The van der Waals surface area contributed by atoms with Crippen LogP contribution in [-0.2, 0) is 4.79 Å². The number of aromatic nitrogens is 1. The maximum absolute atomic E-state index is 12.9. The third kappa shape index (κ3) is 3.97. The van der Waals surface area contributed by atoms with Gasteiger partial charge in [0.05, 0.1) is 0 Å². The van der Waals surface area contributed by atoms with Crippen LogP contribution in [0.25, 0.3) is 10.6 Å². The maximum atomic E-state index is 12.9. The summed E-state index contributed by atoms with van der Waals surface area (Å²) in [6.07, 6.45) is 1.05. The SMILES string of the molecule is C[C@H](Oc1ccc(F)cc1)C(=O)Nc1ccc(-c2nccs2)cc1. The first-order valence-electron chi connectivity index (χ1n) is 7.35. The van der Waals surface area contributed by atoms with Crippen molar-refractivity contribution >= 4 is 22.9 Å². The minimum atomic E-state index is -0.700. The highest BCUT2D eigenvalue weighted by Gasteiger charge is 2.15. The van der Waals surface area contributed by atoms with Crippen LogP contribution in [0.5, 0.6) is 5.75 Å². The van der Waals surface area contributed by atoms with Crippen molar-refractivity contribution in [2.75, 3.05) is 5.32 Å². The number of hydrogen-bond donors (Lipinski definition) is 1. The maximum Gasteiger partial charge on any atom is 0.265 e. The first-order valence-corrected chi connectivity index (χ1v) is 8.23. The van der Waals surface area contributed by atoms with Gasteiger partial charge >= 0.3 is 0 Å². The molecular formula is C18H15FN2O2S. The van der Waals surface area contributed by atoms with E-state index in [0.717, 1.165) is 10.6 Å². The second-order valence-electron chi connectivity index (χ2n) is 5.12. The van der Waals surface area contributed by atoms with Gasteiger partial charge in [-0.2, -0.15) is 0 Å². The zero-order valence-electron chi connectivity index (χ0n) is 12.9. The molecule has 0 fully saturated rings. The molecule has 0 unspecified atom stereocenters. The molecule has 0 aliphatic carbocycles. The van der Waals surface area contributed by atoms with Gasteiger partial charge in [0.25, 0.3) is 5.91 Å². The second-order valence-corrected chi connectivity index (χ2v) is 6.01. The van der Waals surface area contributed by atoms with Gasteiger partial charge in [-0.3, -0.25) is 4.79 Å². The van der Waals surface area contributed by atoms with Crippen molar-refractivity contribution in [1.82, 2.24) is 4.98 Å². The van der Waals surface area contributed by atoms with Gasteiger partial charge in [0.1, 0.15) is 16.6 Å². The highest BCUT2D eigenvalue weighted by molar-refractivity contribution is 7.13. The van der Waals surface area contributed by atoms with Crippen LogP contribution in [0.1, 0.15) is 6.92 Å². The van der Waals surface area contributed by atoms with E-state index < -0.39 is 6.10 Å². The highest BCUT2D eigenvalue weighted by atomic mass is 32.1. The summed E-state index contributed by atoms with van der Waals surface area (Å²) < 4.78 is 18.4. The smallest absolute Gasteiger partial charge is 0.265 e. The number of ether oxygens (including phenoxy) is 1. The molecule has 2 aromatic carbocycles. The summed E-state index contributed by atoms with van der Waals surface area (Å²) in [5, 5.41) is 5.64. The molecule has 0 aliphatic heterocycles. The number of carbonyl (C=O) groups is 1. The average molecular weight is 342 g/mol. The van der Waals surface area contributed by atoms with Crippen molar-refractivity contribution in [2.24, 2.45) is 0 Å². The van der Waals surface area contributed by atoms with Crippen LogP contribution >= 0.6 is 11.3 Å². The predicted octanol–water partition coefficient (Wildman–Crippen LogP) is 4.36. The molecule has 4 nitrogen and oxygen atoms in total. The van der Waals surface area contributed by atoms with Crippen molar-refractivity contribution in [3.63, 3.8) is 0 Å². The Morgan fingerprint density at radius 1 is 1.17 bits per heavy atom. The number of thiazole rings is 1. The van der Waals surface area contributed by atoms with Crippen LogP contribution in [0.2, 0.25) is 0 Å². The summed E-state index contributed by atoms with van der Waals surface area (Å²) in [6.45, 7) is 1.64. The van der Waals surface area contributed by atoms with Gasteiger partial charge in [-0.05, 0) is 55.5 Å². The first kappa shape index (κ1) is 16.1. The van der Waals surface area contributed by atoms with Crippen molar-refractivity contribution < 1.29 is 13.9 Å². The molecule has 122 valence electrons. The lowest BCUT2D eigenvalue weighted by atomic mass is 10.2. The molecule has 1 heterocycles. The van der Waals surface area contributed by atoms with Gasteiger partial charge < -0.3 is 10.1 Å². The van der Waals surface area contributed by atoms with Crippen LogP contribution in [0.3, 0.4) is 0 Å². The first-order chi connectivity index (χ1) is 11.6. The Balaban J connectivity index is 1.60. The number of benzene rings is 2. The van der Waals surface area contributed by atoms with E-state index in [-0.39, 0.29) is 11.7 Å².